The predicted octanol–water partition coefficient (Wildman–Crippen LogP) is 5.88. The number of pyridine rings is 1. The second-order valence-electron chi connectivity index (χ2n) is 6.70. The number of hydrogen-bond acceptors (Lipinski definition) is 1. The van der Waals surface area contributed by atoms with E-state index in [9.17, 15) is 0 Å². The van der Waals surface area contributed by atoms with E-state index in [0.717, 1.165) is 13.1 Å². The number of nitrogens with zero attached hydrogens (tertiary/aromatic N) is 2. The topological polar surface area (TPSA) is 7.12 Å². The number of anilines is 1. The third-order valence-corrected chi connectivity index (χ3v) is 5.16. The van der Waals surface area contributed by atoms with Gasteiger partial charge in [-0.1, -0.05) is 55.1 Å². The Morgan fingerprint density at radius 1 is 0.964 bits per heavy atom. The molecule has 28 heavy (non-hydrogen) atoms. The van der Waals surface area contributed by atoms with Crippen molar-refractivity contribution < 1.29 is 4.57 Å². The van der Waals surface area contributed by atoms with Crippen molar-refractivity contribution in [2.24, 2.45) is 0 Å². The lowest BCUT2D eigenvalue weighted by Crippen LogP contribution is -2.36. The average molecular weight is 370 g/mol. The fourth-order valence-corrected chi connectivity index (χ4v) is 3.75. The van der Waals surface area contributed by atoms with Crippen LogP contribution in [-0.4, -0.2) is 12.6 Å². The lowest BCUT2D eigenvalue weighted by atomic mass is 10.0. The largest absolute Gasteiger partial charge is 0.361 e. The van der Waals surface area contributed by atoms with Crippen LogP contribution in [0, 0.1) is 0 Å². The molecule has 1 unspecified atom stereocenters. The highest BCUT2D eigenvalue weighted by Gasteiger charge is 2.17. The van der Waals surface area contributed by atoms with Crippen LogP contribution in [0.1, 0.15) is 25.1 Å². The molecular formula is C26H29N2+. The third-order valence-electron chi connectivity index (χ3n) is 5.16. The molecule has 0 N–H and O–H groups in total. The lowest BCUT2D eigenvalue weighted by Gasteiger charge is -2.33. The molecule has 142 valence electrons. The van der Waals surface area contributed by atoms with Crippen LogP contribution >= 0.6 is 0 Å². The summed E-state index contributed by atoms with van der Waals surface area (Å²) in [6.45, 7) is 14.0. The molecule has 2 nitrogen and oxygen atoms in total. The number of para-hydroxylation sites is 2. The number of aromatic nitrogens is 1. The van der Waals surface area contributed by atoms with Gasteiger partial charge in [-0.3, -0.25) is 0 Å². The number of hydrogen-bond donors (Lipinski definition) is 0. The minimum absolute atomic E-state index is 0.342. The Labute approximate surface area is 168 Å². The predicted molar refractivity (Wildman–Crippen MR) is 122 cm³/mol. The quantitative estimate of drug-likeness (QED) is 0.411. The summed E-state index contributed by atoms with van der Waals surface area (Å²) in [5.41, 5.74) is 5.05. The van der Waals surface area contributed by atoms with Crippen LogP contribution < -0.4 is 9.47 Å². The molecule has 2 heterocycles. The average Bonchev–Trinajstić information content (AvgIpc) is 2.77. The Bertz CT molecular complexity index is 1000. The van der Waals surface area contributed by atoms with E-state index in [-0.39, 0.29) is 0 Å². The van der Waals surface area contributed by atoms with Crippen LogP contribution in [0.25, 0.3) is 23.1 Å². The van der Waals surface area contributed by atoms with Gasteiger partial charge >= 0.3 is 0 Å². The maximum Gasteiger partial charge on any atom is 0.212 e. The number of aryl methyl sites for hydroxylation is 1. The van der Waals surface area contributed by atoms with E-state index in [1.54, 1.807) is 0 Å². The van der Waals surface area contributed by atoms with Gasteiger partial charge in [-0.05, 0) is 37.6 Å². The van der Waals surface area contributed by atoms with E-state index in [4.69, 9.17) is 0 Å². The van der Waals surface area contributed by atoms with Crippen LogP contribution in [0.15, 0.2) is 86.0 Å². The molecule has 2 heteroatoms. The van der Waals surface area contributed by atoms with Crippen molar-refractivity contribution in [1.29, 1.82) is 0 Å². The third kappa shape index (κ3) is 3.91. The van der Waals surface area contributed by atoms with Crippen molar-refractivity contribution in [1.82, 2.24) is 0 Å². The van der Waals surface area contributed by atoms with Crippen LogP contribution in [-0.2, 0) is 6.54 Å². The first kappa shape index (κ1) is 19.6. The molecule has 0 saturated heterocycles. The molecule has 4 rings (SSSR count). The van der Waals surface area contributed by atoms with Crippen LogP contribution in [0.2, 0.25) is 0 Å². The first-order chi connectivity index (χ1) is 13.7. The van der Waals surface area contributed by atoms with Gasteiger partial charge in [-0.25, -0.2) is 0 Å². The highest BCUT2D eigenvalue weighted by Crippen LogP contribution is 2.28. The van der Waals surface area contributed by atoms with Gasteiger partial charge in [0, 0.05) is 35.8 Å². The van der Waals surface area contributed by atoms with Crippen LogP contribution in [0.4, 0.5) is 5.69 Å². The smallest absolute Gasteiger partial charge is 0.212 e. The Morgan fingerprint density at radius 2 is 1.71 bits per heavy atom. The Kier molecular flexibility index (Phi) is 6.44. The highest BCUT2D eigenvalue weighted by atomic mass is 15.2. The fourth-order valence-electron chi connectivity index (χ4n) is 3.75. The molecule has 0 aliphatic carbocycles. The van der Waals surface area contributed by atoms with Gasteiger partial charge in [-0.15, -0.1) is 6.58 Å². The van der Waals surface area contributed by atoms with E-state index >= 15 is 0 Å². The van der Waals surface area contributed by atoms with Gasteiger partial charge < -0.3 is 4.90 Å². The summed E-state index contributed by atoms with van der Waals surface area (Å²) in [7, 11) is 0. The summed E-state index contributed by atoms with van der Waals surface area (Å²) >= 11 is 0. The SMILES string of the molecule is C=CC1C=Cc2ccccc2N1CC.C=Cc1ccc2ccccc2[n+]1CC. The summed E-state index contributed by atoms with van der Waals surface area (Å²) in [6.07, 6.45) is 8.25. The second kappa shape index (κ2) is 9.18. The first-order valence-corrected chi connectivity index (χ1v) is 9.93. The number of benzene rings is 2. The van der Waals surface area contributed by atoms with Crippen molar-refractivity contribution in [2.45, 2.75) is 26.4 Å². The van der Waals surface area contributed by atoms with E-state index in [2.05, 4.69) is 109 Å². The maximum atomic E-state index is 3.86. The normalized spacial score (nSPS) is 14.8. The monoisotopic (exact) mass is 369 g/mol. The molecule has 0 spiro atoms. The van der Waals surface area contributed by atoms with Crippen molar-refractivity contribution in [3.63, 3.8) is 0 Å². The summed E-state index contributed by atoms with van der Waals surface area (Å²) in [6, 6.07) is 21.5. The fraction of sp³-hybridized carbons (Fsp3) is 0.192. The molecule has 3 aromatic rings. The summed E-state index contributed by atoms with van der Waals surface area (Å²) in [5.74, 6) is 0. The molecule has 0 radical (unpaired) electrons. The minimum Gasteiger partial charge on any atom is -0.361 e. The molecule has 1 aliphatic rings. The van der Waals surface area contributed by atoms with Gasteiger partial charge in [-0.2, -0.15) is 4.57 Å². The Hall–Kier alpha value is -3.13. The number of fused-ring (bicyclic) bond motifs is 2. The second-order valence-corrected chi connectivity index (χ2v) is 6.70. The van der Waals surface area contributed by atoms with Gasteiger partial charge in [0.15, 0.2) is 0 Å². The first-order valence-electron chi connectivity index (χ1n) is 9.93. The Morgan fingerprint density at radius 3 is 2.43 bits per heavy atom. The molecule has 0 amide bonds. The maximum absolute atomic E-state index is 3.86. The van der Waals surface area contributed by atoms with Gasteiger partial charge in [0.25, 0.3) is 0 Å². The zero-order chi connectivity index (χ0) is 19.9. The highest BCUT2D eigenvalue weighted by molar-refractivity contribution is 5.76. The van der Waals surface area contributed by atoms with E-state index in [1.807, 2.05) is 12.2 Å². The van der Waals surface area contributed by atoms with E-state index in [0.29, 0.717) is 6.04 Å². The molecule has 1 aromatic heterocycles. The van der Waals surface area contributed by atoms with Crippen molar-refractivity contribution in [3.8, 4) is 0 Å². The molecule has 0 saturated carbocycles. The van der Waals surface area contributed by atoms with E-state index < -0.39 is 0 Å². The molecule has 0 bridgehead atoms. The van der Waals surface area contributed by atoms with Crippen molar-refractivity contribution in [2.75, 3.05) is 11.4 Å². The minimum atomic E-state index is 0.342. The molecule has 2 aromatic carbocycles. The summed E-state index contributed by atoms with van der Waals surface area (Å²) in [5, 5.41) is 1.28. The number of likely N-dealkylation sites (N-methyl/N-ethyl adjacent to an activating group) is 1. The molecule has 0 fully saturated rings. The molecule has 1 atom stereocenters. The summed E-state index contributed by atoms with van der Waals surface area (Å²) < 4.78 is 2.27. The van der Waals surface area contributed by atoms with Crippen molar-refractivity contribution >= 4 is 28.7 Å². The summed E-state index contributed by atoms with van der Waals surface area (Å²) in [4.78, 5) is 2.35. The van der Waals surface area contributed by atoms with Gasteiger partial charge in [0.1, 0.15) is 6.54 Å². The standard InChI is InChI=1S/C13H15N.C13H14N/c2*1-3-12-10-9-11-7-5-6-8-13(11)14(12)4-2/h3,5-10,12H,1,4H2,2H3;3,5-10H,1,4H2,2H3/q;+1. The number of rotatable bonds is 4. The zero-order valence-electron chi connectivity index (χ0n) is 16.9. The van der Waals surface area contributed by atoms with Crippen molar-refractivity contribution in [3.05, 3.63) is 97.2 Å². The van der Waals surface area contributed by atoms with Gasteiger partial charge in [0.05, 0.1) is 6.04 Å². The molecule has 1 aliphatic heterocycles. The molecular weight excluding hydrogens is 340 g/mol. The van der Waals surface area contributed by atoms with E-state index in [1.165, 1.54) is 27.8 Å². The lowest BCUT2D eigenvalue weighted by molar-refractivity contribution is -0.669. The zero-order valence-corrected chi connectivity index (χ0v) is 16.9. The van der Waals surface area contributed by atoms with Gasteiger partial charge in [0.2, 0.25) is 11.2 Å². The van der Waals surface area contributed by atoms with Crippen LogP contribution in [0.3, 0.4) is 0 Å². The van der Waals surface area contributed by atoms with Crippen LogP contribution in [0.5, 0.6) is 0 Å². The Balaban J connectivity index is 0.000000161.